The number of alkyl halides is 2. The summed E-state index contributed by atoms with van der Waals surface area (Å²) >= 11 is 0. The summed E-state index contributed by atoms with van der Waals surface area (Å²) in [7, 11) is 0. The van der Waals surface area contributed by atoms with Gasteiger partial charge in [-0.15, -0.1) is 0 Å². The van der Waals surface area contributed by atoms with Crippen molar-refractivity contribution in [2.45, 2.75) is 12.5 Å². The number of phenolic OH excluding ortho intramolecular Hbond substituents is 1. The van der Waals surface area contributed by atoms with Gasteiger partial charge in [0.15, 0.2) is 5.75 Å². The van der Waals surface area contributed by atoms with E-state index in [1.165, 1.54) is 18.2 Å². The van der Waals surface area contributed by atoms with Crippen molar-refractivity contribution in [1.29, 1.82) is 0 Å². The average molecular weight is 246 g/mol. The summed E-state index contributed by atoms with van der Waals surface area (Å²) in [5.41, 5.74) is 5.24. The number of carbonyl (C=O) groups is 1. The number of nitrogens with one attached hydrogen (secondary N) is 1. The minimum atomic E-state index is -2.94. The average Bonchev–Trinajstić information content (AvgIpc) is 2.29. The van der Waals surface area contributed by atoms with Gasteiger partial charge in [-0.2, -0.15) is 0 Å². The summed E-state index contributed by atoms with van der Waals surface area (Å²) < 4.78 is 23.9. The highest BCUT2D eigenvalue weighted by Gasteiger charge is 2.19. The van der Waals surface area contributed by atoms with Crippen molar-refractivity contribution in [2.24, 2.45) is 0 Å². The molecule has 94 valence electrons. The fourth-order valence-electron chi connectivity index (χ4n) is 1.13. The van der Waals surface area contributed by atoms with Crippen molar-refractivity contribution >= 4 is 11.6 Å². The Hall–Kier alpha value is -1.89. The first-order chi connectivity index (χ1) is 7.93. The molecule has 0 spiro atoms. The van der Waals surface area contributed by atoms with Crippen LogP contribution in [-0.2, 0) is 0 Å². The number of benzene rings is 1. The summed E-state index contributed by atoms with van der Waals surface area (Å²) in [6, 6.07) is 4.11. The van der Waals surface area contributed by atoms with Crippen molar-refractivity contribution in [3.8, 4) is 5.75 Å². The Balaban J connectivity index is 2.68. The topological polar surface area (TPSA) is 95.6 Å². The van der Waals surface area contributed by atoms with Crippen LogP contribution in [0.1, 0.15) is 10.4 Å². The second kappa shape index (κ2) is 5.44. The molecule has 0 fully saturated rings. The fourth-order valence-corrected chi connectivity index (χ4v) is 1.13. The fraction of sp³-hybridized carbons (Fsp3) is 0.300. The maximum Gasteiger partial charge on any atom is 0.265 e. The molecule has 1 rings (SSSR count). The minimum absolute atomic E-state index is 0.00654. The Morgan fingerprint density at radius 2 is 2.12 bits per heavy atom. The standard InChI is InChI=1S/C10H12F2N2O3/c11-9(12)7(15)4-14-10(17)5-2-1-3-6(13)8(5)16/h1-3,7,9,15-16H,4,13H2,(H,14,17). The predicted octanol–water partition coefficient (Wildman–Crippen LogP) is 0.330. The van der Waals surface area contributed by atoms with Gasteiger partial charge in [0.1, 0.15) is 6.10 Å². The number of nitrogens with two attached hydrogens (primary N) is 1. The molecule has 1 amide bonds. The number of nitrogen functional groups attached to an aromatic ring is 1. The van der Waals surface area contributed by atoms with E-state index in [1.54, 1.807) is 0 Å². The van der Waals surface area contributed by atoms with E-state index in [2.05, 4.69) is 5.32 Å². The number of hydrogen-bond donors (Lipinski definition) is 4. The van der Waals surface area contributed by atoms with E-state index < -0.39 is 30.7 Å². The first kappa shape index (κ1) is 13.2. The summed E-state index contributed by atoms with van der Waals surface area (Å²) in [6.45, 7) is -0.606. The van der Waals surface area contributed by atoms with Crippen LogP contribution in [0.4, 0.5) is 14.5 Å². The number of aliphatic hydroxyl groups excluding tert-OH is 1. The van der Waals surface area contributed by atoms with Crippen LogP contribution >= 0.6 is 0 Å². The lowest BCUT2D eigenvalue weighted by Gasteiger charge is -2.11. The van der Waals surface area contributed by atoms with E-state index in [1.807, 2.05) is 0 Å². The van der Waals surface area contributed by atoms with E-state index >= 15 is 0 Å². The molecule has 0 aliphatic carbocycles. The number of para-hydroxylation sites is 1. The van der Waals surface area contributed by atoms with Gasteiger partial charge >= 0.3 is 0 Å². The van der Waals surface area contributed by atoms with Gasteiger partial charge in [-0.05, 0) is 12.1 Å². The summed E-state index contributed by atoms with van der Waals surface area (Å²) in [5.74, 6) is -1.20. The third-order valence-corrected chi connectivity index (χ3v) is 2.07. The highest BCUT2D eigenvalue weighted by molar-refractivity contribution is 5.98. The van der Waals surface area contributed by atoms with Crippen LogP contribution in [0.25, 0.3) is 0 Å². The normalized spacial score (nSPS) is 12.5. The van der Waals surface area contributed by atoms with Crippen LogP contribution in [0.5, 0.6) is 5.75 Å². The highest BCUT2D eigenvalue weighted by atomic mass is 19.3. The monoisotopic (exact) mass is 246 g/mol. The summed E-state index contributed by atoms with van der Waals surface area (Å²) in [4.78, 5) is 11.5. The lowest BCUT2D eigenvalue weighted by Crippen LogP contribution is -2.35. The number of hydrogen-bond acceptors (Lipinski definition) is 4. The molecule has 0 aromatic heterocycles. The number of rotatable bonds is 4. The van der Waals surface area contributed by atoms with Crippen molar-refractivity contribution in [3.05, 3.63) is 23.8 Å². The van der Waals surface area contributed by atoms with Gasteiger partial charge in [-0.1, -0.05) is 6.07 Å². The van der Waals surface area contributed by atoms with Crippen LogP contribution in [0.15, 0.2) is 18.2 Å². The van der Waals surface area contributed by atoms with E-state index in [0.29, 0.717) is 0 Å². The predicted molar refractivity (Wildman–Crippen MR) is 56.9 cm³/mol. The van der Waals surface area contributed by atoms with Gasteiger partial charge in [0.05, 0.1) is 11.3 Å². The van der Waals surface area contributed by atoms with Crippen LogP contribution in [0.3, 0.4) is 0 Å². The third-order valence-electron chi connectivity index (χ3n) is 2.07. The third kappa shape index (κ3) is 3.28. The molecule has 1 atom stereocenters. The van der Waals surface area contributed by atoms with Gasteiger partial charge < -0.3 is 21.3 Å². The van der Waals surface area contributed by atoms with Crippen molar-refractivity contribution < 1.29 is 23.8 Å². The molecule has 0 aliphatic rings. The quantitative estimate of drug-likeness (QED) is 0.455. The van der Waals surface area contributed by atoms with E-state index in [9.17, 15) is 18.7 Å². The van der Waals surface area contributed by atoms with Gasteiger partial charge in [-0.25, -0.2) is 8.78 Å². The molecule has 0 radical (unpaired) electrons. The van der Waals surface area contributed by atoms with Crippen LogP contribution < -0.4 is 11.1 Å². The molecule has 17 heavy (non-hydrogen) atoms. The number of phenols is 1. The van der Waals surface area contributed by atoms with Crippen molar-refractivity contribution in [2.75, 3.05) is 12.3 Å². The molecular weight excluding hydrogens is 234 g/mol. The zero-order valence-electron chi connectivity index (χ0n) is 8.73. The van der Waals surface area contributed by atoms with E-state index in [-0.39, 0.29) is 11.3 Å². The minimum Gasteiger partial charge on any atom is -0.505 e. The van der Waals surface area contributed by atoms with E-state index in [4.69, 9.17) is 10.8 Å². The van der Waals surface area contributed by atoms with Gasteiger partial charge in [0.25, 0.3) is 12.3 Å². The zero-order chi connectivity index (χ0) is 13.0. The second-order valence-electron chi connectivity index (χ2n) is 3.36. The highest BCUT2D eigenvalue weighted by Crippen LogP contribution is 2.23. The molecule has 0 saturated heterocycles. The van der Waals surface area contributed by atoms with Crippen molar-refractivity contribution in [1.82, 2.24) is 5.32 Å². The zero-order valence-corrected chi connectivity index (χ0v) is 8.73. The Bertz CT molecular complexity index is 413. The molecule has 0 bridgehead atoms. The summed E-state index contributed by atoms with van der Waals surface area (Å²) in [6.07, 6.45) is -4.88. The molecule has 1 aromatic rings. The number of halogens is 2. The van der Waals surface area contributed by atoms with Crippen LogP contribution in [0, 0.1) is 0 Å². The molecule has 1 aromatic carbocycles. The van der Waals surface area contributed by atoms with Crippen LogP contribution in [0.2, 0.25) is 0 Å². The number of aliphatic hydroxyl groups is 1. The van der Waals surface area contributed by atoms with E-state index in [0.717, 1.165) is 0 Å². The molecule has 5 N–H and O–H groups in total. The smallest absolute Gasteiger partial charge is 0.265 e. The van der Waals surface area contributed by atoms with Gasteiger partial charge in [0.2, 0.25) is 0 Å². The number of aromatic hydroxyl groups is 1. The Kier molecular flexibility index (Phi) is 4.22. The Morgan fingerprint density at radius 1 is 1.47 bits per heavy atom. The Morgan fingerprint density at radius 3 is 2.71 bits per heavy atom. The molecule has 0 aliphatic heterocycles. The van der Waals surface area contributed by atoms with Gasteiger partial charge in [0, 0.05) is 6.54 Å². The maximum absolute atomic E-state index is 12.0. The maximum atomic E-state index is 12.0. The van der Waals surface area contributed by atoms with Crippen molar-refractivity contribution in [3.63, 3.8) is 0 Å². The van der Waals surface area contributed by atoms with Gasteiger partial charge in [-0.3, -0.25) is 4.79 Å². The SMILES string of the molecule is Nc1cccc(C(=O)NCC(O)C(F)F)c1O. The largest absolute Gasteiger partial charge is 0.505 e. The van der Waals surface area contributed by atoms with Crippen LogP contribution in [-0.4, -0.2) is 35.2 Å². The number of amides is 1. The number of carbonyl (C=O) groups excluding carboxylic acids is 1. The second-order valence-corrected chi connectivity index (χ2v) is 3.36. The Labute approximate surface area is 95.9 Å². The molecule has 1 unspecified atom stereocenters. The molecule has 0 heterocycles. The number of anilines is 1. The molecule has 5 nitrogen and oxygen atoms in total. The molecule has 0 saturated carbocycles. The molecule has 7 heteroatoms. The molecular formula is C10H12F2N2O3. The summed E-state index contributed by atoms with van der Waals surface area (Å²) in [5, 5.41) is 20.3. The first-order valence-corrected chi connectivity index (χ1v) is 4.75. The lowest BCUT2D eigenvalue weighted by molar-refractivity contribution is -0.00271. The first-order valence-electron chi connectivity index (χ1n) is 4.75. The lowest BCUT2D eigenvalue weighted by atomic mass is 10.1.